The maximum Gasteiger partial charge on any atom is 0.166 e. The molecule has 0 amide bonds. The van der Waals surface area contributed by atoms with E-state index in [1.807, 2.05) is 6.92 Å². The van der Waals surface area contributed by atoms with Crippen LogP contribution in [0.2, 0.25) is 0 Å². The first-order valence-electron chi connectivity index (χ1n) is 5.09. The fourth-order valence-electron chi connectivity index (χ4n) is 1.35. The van der Waals surface area contributed by atoms with Crippen molar-refractivity contribution in [1.82, 2.24) is 0 Å². The van der Waals surface area contributed by atoms with Gasteiger partial charge in [0, 0.05) is 12.5 Å². The van der Waals surface area contributed by atoms with E-state index in [-0.39, 0.29) is 11.5 Å². The third-order valence-electron chi connectivity index (χ3n) is 2.26. The summed E-state index contributed by atoms with van der Waals surface area (Å²) >= 11 is 0. The molecule has 0 unspecified atom stereocenters. The van der Waals surface area contributed by atoms with Crippen molar-refractivity contribution in [2.45, 2.75) is 26.2 Å². The predicted molar refractivity (Wildman–Crippen MR) is 58.5 cm³/mol. The highest BCUT2D eigenvalue weighted by Gasteiger charge is 2.10. The van der Waals surface area contributed by atoms with Gasteiger partial charge >= 0.3 is 0 Å². The van der Waals surface area contributed by atoms with Crippen molar-refractivity contribution in [3.05, 3.63) is 23.8 Å². The van der Waals surface area contributed by atoms with Gasteiger partial charge in [-0.05, 0) is 18.6 Å². The Morgan fingerprint density at radius 3 is 2.73 bits per heavy atom. The Bertz CT molecular complexity index is 345. The van der Waals surface area contributed by atoms with Crippen LogP contribution in [0.5, 0.6) is 11.5 Å². The van der Waals surface area contributed by atoms with Crippen molar-refractivity contribution >= 4 is 5.78 Å². The summed E-state index contributed by atoms with van der Waals surface area (Å²) in [6.45, 7) is 2.03. The SMILES string of the molecule is CCCCC(=O)c1ccc(OC)cc1O. The number of unbranched alkanes of at least 4 members (excludes halogenated alkanes) is 1. The van der Waals surface area contributed by atoms with E-state index in [0.29, 0.717) is 17.7 Å². The lowest BCUT2D eigenvalue weighted by Crippen LogP contribution is -1.99. The maximum atomic E-state index is 11.6. The highest BCUT2D eigenvalue weighted by atomic mass is 16.5. The van der Waals surface area contributed by atoms with Crippen LogP contribution in [-0.4, -0.2) is 18.0 Å². The van der Waals surface area contributed by atoms with Gasteiger partial charge in [-0.2, -0.15) is 0 Å². The molecule has 0 saturated heterocycles. The number of Topliss-reactive ketones (excluding diaryl/α,β-unsaturated/α-hetero) is 1. The molecular weight excluding hydrogens is 192 g/mol. The lowest BCUT2D eigenvalue weighted by Gasteiger charge is -2.05. The fourth-order valence-corrected chi connectivity index (χ4v) is 1.35. The molecule has 0 saturated carbocycles. The number of phenols is 1. The van der Waals surface area contributed by atoms with Crippen molar-refractivity contribution in [2.24, 2.45) is 0 Å². The number of hydrogen-bond donors (Lipinski definition) is 1. The van der Waals surface area contributed by atoms with Gasteiger partial charge in [0.25, 0.3) is 0 Å². The smallest absolute Gasteiger partial charge is 0.166 e. The number of methoxy groups -OCH3 is 1. The Balaban J connectivity index is 2.81. The van der Waals surface area contributed by atoms with E-state index >= 15 is 0 Å². The second kappa shape index (κ2) is 5.39. The highest BCUT2D eigenvalue weighted by Crippen LogP contribution is 2.24. The van der Waals surface area contributed by atoms with Crippen LogP contribution in [0.25, 0.3) is 0 Å². The van der Waals surface area contributed by atoms with Crippen molar-refractivity contribution < 1.29 is 14.6 Å². The molecule has 0 fully saturated rings. The molecule has 3 nitrogen and oxygen atoms in total. The summed E-state index contributed by atoms with van der Waals surface area (Å²) in [6.07, 6.45) is 2.31. The molecule has 3 heteroatoms. The van der Waals surface area contributed by atoms with E-state index < -0.39 is 0 Å². The summed E-state index contributed by atoms with van der Waals surface area (Å²) in [5.41, 5.74) is 0.379. The van der Waals surface area contributed by atoms with Gasteiger partial charge in [0.15, 0.2) is 5.78 Å². The molecule has 0 bridgehead atoms. The third kappa shape index (κ3) is 2.98. The number of carbonyl (C=O) groups excluding carboxylic acids is 1. The average Bonchev–Trinajstić information content (AvgIpc) is 2.25. The molecule has 0 aliphatic heterocycles. The molecular formula is C12H16O3. The zero-order valence-corrected chi connectivity index (χ0v) is 9.12. The topological polar surface area (TPSA) is 46.5 Å². The summed E-state index contributed by atoms with van der Waals surface area (Å²) in [4.78, 5) is 11.6. The Labute approximate surface area is 89.7 Å². The first-order chi connectivity index (χ1) is 7.19. The van der Waals surface area contributed by atoms with E-state index in [2.05, 4.69) is 0 Å². The number of phenolic OH excluding ortho intramolecular Hbond substituents is 1. The third-order valence-corrected chi connectivity index (χ3v) is 2.26. The monoisotopic (exact) mass is 208 g/mol. The van der Waals surface area contributed by atoms with Crippen LogP contribution in [0.3, 0.4) is 0 Å². The number of ether oxygens (including phenoxy) is 1. The number of rotatable bonds is 5. The van der Waals surface area contributed by atoms with E-state index in [0.717, 1.165) is 12.8 Å². The van der Waals surface area contributed by atoms with Crippen molar-refractivity contribution in [1.29, 1.82) is 0 Å². The zero-order chi connectivity index (χ0) is 11.3. The molecule has 0 radical (unpaired) electrons. The molecule has 1 N–H and O–H groups in total. The Hall–Kier alpha value is -1.51. The lowest BCUT2D eigenvalue weighted by atomic mass is 10.0. The quantitative estimate of drug-likeness (QED) is 0.757. The second-order valence-corrected chi connectivity index (χ2v) is 3.41. The minimum absolute atomic E-state index is 0.00421. The van der Waals surface area contributed by atoms with Gasteiger partial charge in [-0.25, -0.2) is 0 Å². The Morgan fingerprint density at radius 2 is 2.20 bits per heavy atom. The molecule has 0 atom stereocenters. The largest absolute Gasteiger partial charge is 0.507 e. The van der Waals surface area contributed by atoms with Gasteiger partial charge in [0.1, 0.15) is 11.5 Å². The minimum Gasteiger partial charge on any atom is -0.507 e. The van der Waals surface area contributed by atoms with Crippen LogP contribution in [0.4, 0.5) is 0 Å². The summed E-state index contributed by atoms with van der Waals surface area (Å²) in [7, 11) is 1.52. The molecule has 0 aromatic heterocycles. The fraction of sp³-hybridized carbons (Fsp3) is 0.417. The summed E-state index contributed by atoms with van der Waals surface area (Å²) in [5, 5.41) is 9.59. The van der Waals surface area contributed by atoms with Crippen LogP contribution < -0.4 is 4.74 Å². The summed E-state index contributed by atoms with van der Waals surface area (Å²) in [5.74, 6) is 0.534. The number of benzene rings is 1. The molecule has 15 heavy (non-hydrogen) atoms. The van der Waals surface area contributed by atoms with Crippen LogP contribution in [-0.2, 0) is 0 Å². The van der Waals surface area contributed by atoms with Crippen molar-refractivity contribution in [3.63, 3.8) is 0 Å². The highest BCUT2D eigenvalue weighted by molar-refractivity contribution is 5.98. The van der Waals surface area contributed by atoms with Gasteiger partial charge in [0.2, 0.25) is 0 Å². The Morgan fingerprint density at radius 1 is 1.47 bits per heavy atom. The summed E-state index contributed by atoms with van der Waals surface area (Å²) in [6, 6.07) is 4.74. The number of hydrogen-bond acceptors (Lipinski definition) is 3. The van der Waals surface area contributed by atoms with E-state index in [1.54, 1.807) is 12.1 Å². The first-order valence-corrected chi connectivity index (χ1v) is 5.09. The number of aromatic hydroxyl groups is 1. The Kier molecular flexibility index (Phi) is 4.16. The molecule has 0 heterocycles. The summed E-state index contributed by atoms with van der Waals surface area (Å²) < 4.78 is 4.94. The molecule has 82 valence electrons. The van der Waals surface area contributed by atoms with Crippen LogP contribution in [0.15, 0.2) is 18.2 Å². The van der Waals surface area contributed by atoms with Gasteiger partial charge in [-0.1, -0.05) is 13.3 Å². The van der Waals surface area contributed by atoms with Crippen LogP contribution in [0.1, 0.15) is 36.5 Å². The van der Waals surface area contributed by atoms with Crippen molar-refractivity contribution in [2.75, 3.05) is 7.11 Å². The minimum atomic E-state index is -0.0167. The molecule has 0 aliphatic rings. The number of ketones is 1. The van der Waals surface area contributed by atoms with Crippen molar-refractivity contribution in [3.8, 4) is 11.5 Å². The molecule has 1 aromatic rings. The van der Waals surface area contributed by atoms with Gasteiger partial charge in [-0.3, -0.25) is 4.79 Å². The predicted octanol–water partition coefficient (Wildman–Crippen LogP) is 2.77. The van der Waals surface area contributed by atoms with Gasteiger partial charge in [-0.15, -0.1) is 0 Å². The molecule has 1 rings (SSSR count). The van der Waals surface area contributed by atoms with E-state index in [9.17, 15) is 9.90 Å². The maximum absolute atomic E-state index is 11.6. The standard InChI is InChI=1S/C12H16O3/c1-3-4-5-11(13)10-7-6-9(15-2)8-12(10)14/h6-8,14H,3-5H2,1-2H3. The lowest BCUT2D eigenvalue weighted by molar-refractivity contribution is 0.0977. The van der Waals surface area contributed by atoms with E-state index in [4.69, 9.17) is 4.74 Å². The van der Waals surface area contributed by atoms with Crippen LogP contribution >= 0.6 is 0 Å². The van der Waals surface area contributed by atoms with E-state index in [1.165, 1.54) is 13.2 Å². The first kappa shape index (κ1) is 11.6. The molecule has 0 spiro atoms. The zero-order valence-electron chi connectivity index (χ0n) is 9.12. The van der Waals surface area contributed by atoms with Crippen LogP contribution in [0, 0.1) is 0 Å². The average molecular weight is 208 g/mol. The number of carbonyl (C=O) groups is 1. The van der Waals surface area contributed by atoms with Gasteiger partial charge < -0.3 is 9.84 Å². The normalized spacial score (nSPS) is 10.0. The van der Waals surface area contributed by atoms with Gasteiger partial charge in [0.05, 0.1) is 12.7 Å². The molecule has 0 aliphatic carbocycles. The molecule has 1 aromatic carbocycles. The second-order valence-electron chi connectivity index (χ2n) is 3.41.